The SMILES string of the molecule is C[C@@H](O)[C@H](NC(=O)c1ccc(C#Cc2ccc(NC(=O)CNC(=O)c3ccc(O)c(O)c3)cc2)cc1)C(=O)NO. The van der Waals surface area contributed by atoms with E-state index in [1.807, 2.05) is 0 Å². The maximum atomic E-state index is 12.4. The molecule has 40 heavy (non-hydrogen) atoms. The molecule has 0 aromatic heterocycles. The Kier molecular flexibility index (Phi) is 9.79. The van der Waals surface area contributed by atoms with Crippen LogP contribution in [0.1, 0.15) is 38.8 Å². The Hall–Kier alpha value is -5.38. The third kappa shape index (κ3) is 8.06. The molecule has 2 atom stereocenters. The zero-order valence-electron chi connectivity index (χ0n) is 21.1. The number of hydrogen-bond acceptors (Lipinski definition) is 8. The van der Waals surface area contributed by atoms with E-state index in [0.29, 0.717) is 16.8 Å². The lowest BCUT2D eigenvalue weighted by Crippen LogP contribution is -2.51. The number of aliphatic hydroxyl groups is 1. The van der Waals surface area contributed by atoms with Gasteiger partial charge in [0.2, 0.25) is 5.91 Å². The van der Waals surface area contributed by atoms with Crippen molar-refractivity contribution in [2.45, 2.75) is 19.1 Å². The fraction of sp³-hybridized carbons (Fsp3) is 0.143. The zero-order chi connectivity index (χ0) is 29.2. The van der Waals surface area contributed by atoms with E-state index in [0.717, 1.165) is 6.07 Å². The first-order valence-corrected chi connectivity index (χ1v) is 11.8. The number of aromatic hydroxyl groups is 2. The number of phenols is 2. The lowest BCUT2D eigenvalue weighted by molar-refractivity contribution is -0.133. The molecule has 3 rings (SSSR count). The predicted molar refractivity (Wildman–Crippen MR) is 142 cm³/mol. The Bertz CT molecular complexity index is 1460. The van der Waals surface area contributed by atoms with Crippen LogP contribution in [0, 0.1) is 11.8 Å². The monoisotopic (exact) mass is 546 g/mol. The maximum absolute atomic E-state index is 12.4. The Morgan fingerprint density at radius 1 is 0.800 bits per heavy atom. The molecule has 0 heterocycles. The number of carbonyl (C=O) groups excluding carboxylic acids is 4. The van der Waals surface area contributed by atoms with Crippen molar-refractivity contribution in [3.63, 3.8) is 0 Å². The van der Waals surface area contributed by atoms with Crippen molar-refractivity contribution in [2.75, 3.05) is 11.9 Å². The molecule has 12 nitrogen and oxygen atoms in total. The molecule has 0 aliphatic rings. The van der Waals surface area contributed by atoms with Crippen LogP contribution in [-0.4, -0.2) is 62.8 Å². The van der Waals surface area contributed by atoms with E-state index in [1.54, 1.807) is 36.4 Å². The van der Waals surface area contributed by atoms with Crippen molar-refractivity contribution in [1.82, 2.24) is 16.1 Å². The van der Waals surface area contributed by atoms with Crippen LogP contribution in [-0.2, 0) is 9.59 Å². The molecule has 0 spiro atoms. The smallest absolute Gasteiger partial charge is 0.268 e. The Balaban J connectivity index is 1.52. The second-order valence-corrected chi connectivity index (χ2v) is 8.51. The molecule has 3 aromatic rings. The van der Waals surface area contributed by atoms with Gasteiger partial charge in [0, 0.05) is 27.9 Å². The van der Waals surface area contributed by atoms with Gasteiger partial charge in [0.25, 0.3) is 17.7 Å². The first kappa shape index (κ1) is 29.2. The summed E-state index contributed by atoms with van der Waals surface area (Å²) in [7, 11) is 0. The van der Waals surface area contributed by atoms with E-state index in [4.69, 9.17) is 5.21 Å². The molecule has 206 valence electrons. The molecule has 8 N–H and O–H groups in total. The van der Waals surface area contributed by atoms with Gasteiger partial charge in [0.15, 0.2) is 11.5 Å². The lowest BCUT2D eigenvalue weighted by Gasteiger charge is -2.19. The summed E-state index contributed by atoms with van der Waals surface area (Å²) in [5, 5.41) is 44.6. The van der Waals surface area contributed by atoms with Crippen LogP contribution in [0.3, 0.4) is 0 Å². The molecule has 0 bridgehead atoms. The molecule has 0 aliphatic heterocycles. The fourth-order valence-electron chi connectivity index (χ4n) is 3.32. The molecule has 0 saturated carbocycles. The molecule has 0 fully saturated rings. The number of hydroxylamine groups is 1. The summed E-state index contributed by atoms with van der Waals surface area (Å²) in [6.07, 6.45) is -1.23. The summed E-state index contributed by atoms with van der Waals surface area (Å²) < 4.78 is 0. The standard InChI is InChI=1S/C28H26N4O8/c1-16(33)25(28(39)32-40)31-27(38)19-8-4-17(5-9-19)2-3-18-6-11-21(12-7-18)30-24(36)15-29-26(37)20-10-13-22(34)23(35)14-20/h4-14,16,25,33-35,40H,15H2,1H3,(H,29,37)(H,30,36)(H,31,38)(H,32,39)/t16-,25+/m1/s1. The summed E-state index contributed by atoms with van der Waals surface area (Å²) in [6, 6.07) is 15.1. The number of phenolic OH excluding ortho intramolecular Hbond substituents is 2. The van der Waals surface area contributed by atoms with E-state index in [2.05, 4.69) is 27.8 Å². The Labute approximate surface area is 228 Å². The minimum atomic E-state index is -1.33. The number of hydrogen-bond donors (Lipinski definition) is 8. The largest absolute Gasteiger partial charge is 0.504 e. The molecule has 0 saturated heterocycles. The van der Waals surface area contributed by atoms with Crippen molar-refractivity contribution < 1.29 is 39.7 Å². The van der Waals surface area contributed by atoms with Crippen molar-refractivity contribution >= 4 is 29.3 Å². The number of benzene rings is 3. The van der Waals surface area contributed by atoms with Crippen molar-refractivity contribution in [3.8, 4) is 23.3 Å². The highest BCUT2D eigenvalue weighted by Gasteiger charge is 2.25. The van der Waals surface area contributed by atoms with Gasteiger partial charge in [0.1, 0.15) is 6.04 Å². The number of amides is 4. The average Bonchev–Trinajstić information content (AvgIpc) is 2.95. The highest BCUT2D eigenvalue weighted by Crippen LogP contribution is 2.24. The molecule has 3 aromatic carbocycles. The normalized spacial score (nSPS) is 11.7. The van der Waals surface area contributed by atoms with Crippen molar-refractivity contribution in [1.29, 1.82) is 0 Å². The minimum absolute atomic E-state index is 0.0843. The van der Waals surface area contributed by atoms with Gasteiger partial charge in [0.05, 0.1) is 12.6 Å². The van der Waals surface area contributed by atoms with Crippen LogP contribution in [0.15, 0.2) is 66.7 Å². The van der Waals surface area contributed by atoms with Crippen LogP contribution in [0.2, 0.25) is 0 Å². The highest BCUT2D eigenvalue weighted by atomic mass is 16.5. The fourth-order valence-corrected chi connectivity index (χ4v) is 3.32. The number of nitrogens with one attached hydrogen (secondary N) is 4. The lowest BCUT2D eigenvalue weighted by atomic mass is 10.1. The molecule has 0 unspecified atom stereocenters. The Morgan fingerprint density at radius 2 is 1.38 bits per heavy atom. The van der Waals surface area contributed by atoms with Gasteiger partial charge in [-0.3, -0.25) is 24.4 Å². The van der Waals surface area contributed by atoms with Crippen LogP contribution in [0.25, 0.3) is 0 Å². The van der Waals surface area contributed by atoms with Gasteiger partial charge >= 0.3 is 0 Å². The number of carbonyl (C=O) groups is 4. The van der Waals surface area contributed by atoms with Gasteiger partial charge in [-0.1, -0.05) is 11.8 Å². The number of anilines is 1. The molecular formula is C28H26N4O8. The molecule has 12 heteroatoms. The van der Waals surface area contributed by atoms with Crippen LogP contribution in [0.4, 0.5) is 5.69 Å². The van der Waals surface area contributed by atoms with E-state index < -0.39 is 41.5 Å². The number of aliphatic hydroxyl groups excluding tert-OH is 1. The average molecular weight is 547 g/mol. The van der Waals surface area contributed by atoms with Crippen LogP contribution >= 0.6 is 0 Å². The third-order valence-corrected chi connectivity index (χ3v) is 5.48. The minimum Gasteiger partial charge on any atom is -0.504 e. The number of rotatable bonds is 8. The van der Waals surface area contributed by atoms with Gasteiger partial charge in [-0.2, -0.15) is 0 Å². The van der Waals surface area contributed by atoms with E-state index in [-0.39, 0.29) is 23.4 Å². The maximum Gasteiger partial charge on any atom is 0.268 e. The third-order valence-electron chi connectivity index (χ3n) is 5.48. The van der Waals surface area contributed by atoms with E-state index >= 15 is 0 Å². The van der Waals surface area contributed by atoms with Crippen LogP contribution in [0.5, 0.6) is 11.5 Å². The summed E-state index contributed by atoms with van der Waals surface area (Å²) in [6.45, 7) is 0.984. The topological polar surface area (TPSA) is 197 Å². The van der Waals surface area contributed by atoms with E-state index in [1.165, 1.54) is 36.7 Å². The summed E-state index contributed by atoms with van der Waals surface area (Å²) in [5.41, 5.74) is 3.43. The highest BCUT2D eigenvalue weighted by molar-refractivity contribution is 6.00. The second kappa shape index (κ2) is 13.4. The quantitative estimate of drug-likeness (QED) is 0.0880. The molecule has 0 aliphatic carbocycles. The first-order chi connectivity index (χ1) is 19.1. The Morgan fingerprint density at radius 3 is 1.93 bits per heavy atom. The van der Waals surface area contributed by atoms with Crippen molar-refractivity contribution in [3.05, 3.63) is 89.0 Å². The van der Waals surface area contributed by atoms with Crippen LogP contribution < -0.4 is 21.4 Å². The van der Waals surface area contributed by atoms with E-state index in [9.17, 15) is 34.5 Å². The summed E-state index contributed by atoms with van der Waals surface area (Å²) in [5.74, 6) is 2.45. The summed E-state index contributed by atoms with van der Waals surface area (Å²) in [4.78, 5) is 48.2. The summed E-state index contributed by atoms with van der Waals surface area (Å²) >= 11 is 0. The molecule has 0 radical (unpaired) electrons. The molecule has 4 amide bonds. The van der Waals surface area contributed by atoms with Gasteiger partial charge in [-0.15, -0.1) is 0 Å². The van der Waals surface area contributed by atoms with Crippen molar-refractivity contribution in [2.24, 2.45) is 0 Å². The molecular weight excluding hydrogens is 520 g/mol. The van der Waals surface area contributed by atoms with Gasteiger partial charge < -0.3 is 31.3 Å². The predicted octanol–water partition coefficient (Wildman–Crippen LogP) is 0.851. The first-order valence-electron chi connectivity index (χ1n) is 11.8. The zero-order valence-corrected chi connectivity index (χ0v) is 21.1. The van der Waals surface area contributed by atoms with Gasteiger partial charge in [-0.25, -0.2) is 5.48 Å². The second-order valence-electron chi connectivity index (χ2n) is 8.51. The van der Waals surface area contributed by atoms with Gasteiger partial charge in [-0.05, 0) is 73.7 Å².